The zero-order valence-electron chi connectivity index (χ0n) is 13.4. The van der Waals surface area contributed by atoms with Gasteiger partial charge in [0.2, 0.25) is 5.91 Å². The summed E-state index contributed by atoms with van der Waals surface area (Å²) in [6.45, 7) is -0.202. The van der Waals surface area contributed by atoms with E-state index in [1.807, 2.05) is 0 Å². The second-order valence-corrected chi connectivity index (χ2v) is 6.10. The fourth-order valence-corrected chi connectivity index (χ4v) is 2.56. The van der Waals surface area contributed by atoms with Gasteiger partial charge in [-0.05, 0) is 18.2 Å². The Morgan fingerprint density at radius 3 is 2.37 bits per heavy atom. The largest absolute Gasteiger partial charge is 0.573 e. The van der Waals surface area contributed by atoms with Crippen molar-refractivity contribution in [2.24, 2.45) is 0 Å². The standard InChI is InChI=1S/C16H12F6N2O2S/c17-15(18,19)11-5-6-14(24-8-11)27-9-13(25)23-7-10-3-1-2-4-12(10)26-16(20,21)22/h1-6,8H,7,9H2,(H,23,25). The van der Waals surface area contributed by atoms with Crippen molar-refractivity contribution in [2.45, 2.75) is 24.1 Å². The fourth-order valence-electron chi connectivity index (χ4n) is 1.89. The number of pyridine rings is 1. The molecule has 146 valence electrons. The van der Waals surface area contributed by atoms with Crippen molar-refractivity contribution in [3.63, 3.8) is 0 Å². The number of halogens is 6. The smallest absolute Gasteiger partial charge is 0.405 e. The summed E-state index contributed by atoms with van der Waals surface area (Å²) in [7, 11) is 0. The van der Waals surface area contributed by atoms with Crippen molar-refractivity contribution in [3.8, 4) is 5.75 Å². The van der Waals surface area contributed by atoms with Crippen LogP contribution in [0.2, 0.25) is 0 Å². The molecule has 11 heteroatoms. The number of thioether (sulfide) groups is 1. The third-order valence-corrected chi connectivity index (χ3v) is 4.03. The van der Waals surface area contributed by atoms with Gasteiger partial charge in [0.15, 0.2) is 0 Å². The summed E-state index contributed by atoms with van der Waals surface area (Å²) in [5.74, 6) is -1.12. The van der Waals surface area contributed by atoms with Gasteiger partial charge in [0.1, 0.15) is 5.75 Å². The van der Waals surface area contributed by atoms with Crippen LogP contribution in [-0.2, 0) is 17.5 Å². The third-order valence-electron chi connectivity index (χ3n) is 3.09. The molecule has 1 aromatic carbocycles. The third kappa shape index (κ3) is 7.00. The highest BCUT2D eigenvalue weighted by atomic mass is 32.2. The average Bonchev–Trinajstić information content (AvgIpc) is 2.57. The zero-order chi connectivity index (χ0) is 20.1. The molecule has 1 amide bonds. The first-order valence-corrected chi connectivity index (χ1v) is 8.29. The first-order chi connectivity index (χ1) is 12.5. The van der Waals surface area contributed by atoms with Gasteiger partial charge in [-0.2, -0.15) is 13.2 Å². The highest BCUT2D eigenvalue weighted by Gasteiger charge is 2.32. The molecule has 4 nitrogen and oxygen atoms in total. The second-order valence-electron chi connectivity index (χ2n) is 5.10. The van der Waals surface area contributed by atoms with Gasteiger partial charge in [0.05, 0.1) is 16.3 Å². The second kappa shape index (κ2) is 8.51. The molecule has 0 saturated carbocycles. The number of carbonyl (C=O) groups excluding carboxylic acids is 1. The van der Waals surface area contributed by atoms with Crippen molar-refractivity contribution in [1.82, 2.24) is 10.3 Å². The van der Waals surface area contributed by atoms with Crippen LogP contribution in [0.1, 0.15) is 11.1 Å². The van der Waals surface area contributed by atoms with Crippen molar-refractivity contribution >= 4 is 17.7 Å². The van der Waals surface area contributed by atoms with Crippen LogP contribution in [0, 0.1) is 0 Å². The molecule has 0 unspecified atom stereocenters. The summed E-state index contributed by atoms with van der Waals surface area (Å²) in [6.07, 6.45) is -8.70. The number of carbonyl (C=O) groups is 1. The van der Waals surface area contributed by atoms with Crippen molar-refractivity contribution in [3.05, 3.63) is 53.7 Å². The van der Waals surface area contributed by atoms with Gasteiger partial charge in [-0.15, -0.1) is 13.2 Å². The van der Waals surface area contributed by atoms with Crippen LogP contribution in [0.5, 0.6) is 5.75 Å². The topological polar surface area (TPSA) is 51.2 Å². The number of hydrogen-bond donors (Lipinski definition) is 1. The number of aromatic nitrogens is 1. The Balaban J connectivity index is 1.87. The predicted molar refractivity (Wildman–Crippen MR) is 84.9 cm³/mol. The maximum absolute atomic E-state index is 12.4. The van der Waals surface area contributed by atoms with Gasteiger partial charge in [0.25, 0.3) is 0 Å². The first kappa shape index (κ1) is 20.9. The Morgan fingerprint density at radius 2 is 1.78 bits per heavy atom. The molecule has 1 aromatic heterocycles. The van der Waals surface area contributed by atoms with Gasteiger partial charge in [-0.3, -0.25) is 4.79 Å². The van der Waals surface area contributed by atoms with Crippen molar-refractivity contribution in [2.75, 3.05) is 5.75 Å². The van der Waals surface area contributed by atoms with Crippen LogP contribution in [0.3, 0.4) is 0 Å². The number of amides is 1. The Kier molecular flexibility index (Phi) is 6.58. The van der Waals surface area contributed by atoms with Crippen LogP contribution in [0.25, 0.3) is 0 Å². The van der Waals surface area contributed by atoms with Gasteiger partial charge in [0, 0.05) is 18.3 Å². The van der Waals surface area contributed by atoms with E-state index in [-0.39, 0.29) is 22.9 Å². The van der Waals surface area contributed by atoms with E-state index in [0.717, 1.165) is 30.0 Å². The van der Waals surface area contributed by atoms with E-state index >= 15 is 0 Å². The maximum atomic E-state index is 12.4. The van der Waals surface area contributed by atoms with Gasteiger partial charge >= 0.3 is 12.5 Å². The fraction of sp³-hybridized carbons (Fsp3) is 0.250. The molecule has 0 spiro atoms. The molecule has 1 heterocycles. The van der Waals surface area contributed by atoms with Gasteiger partial charge in [-0.1, -0.05) is 30.0 Å². The number of para-hydroxylation sites is 1. The van der Waals surface area contributed by atoms with Crippen LogP contribution in [0.4, 0.5) is 26.3 Å². The normalized spacial score (nSPS) is 11.9. The van der Waals surface area contributed by atoms with Crippen LogP contribution >= 0.6 is 11.8 Å². The molecular formula is C16H12F6N2O2S. The lowest BCUT2D eigenvalue weighted by atomic mass is 10.2. The Hall–Kier alpha value is -2.43. The number of benzene rings is 1. The SMILES string of the molecule is O=C(CSc1ccc(C(F)(F)F)cn1)NCc1ccccc1OC(F)(F)F. The molecule has 1 N–H and O–H groups in total. The highest BCUT2D eigenvalue weighted by Crippen LogP contribution is 2.29. The van der Waals surface area contributed by atoms with Crippen molar-refractivity contribution in [1.29, 1.82) is 0 Å². The molecule has 0 radical (unpaired) electrons. The van der Waals surface area contributed by atoms with E-state index in [2.05, 4.69) is 15.0 Å². The summed E-state index contributed by atoms with van der Waals surface area (Å²) in [4.78, 5) is 15.4. The molecular weight excluding hydrogens is 398 g/mol. The summed E-state index contributed by atoms with van der Waals surface area (Å²) >= 11 is 0.895. The van der Waals surface area contributed by atoms with Crippen LogP contribution in [0.15, 0.2) is 47.6 Å². The molecule has 0 fully saturated rings. The Bertz CT molecular complexity index is 778. The van der Waals surface area contributed by atoms with E-state index in [4.69, 9.17) is 0 Å². The molecule has 2 rings (SSSR count). The molecule has 2 aromatic rings. The number of ether oxygens (including phenoxy) is 1. The highest BCUT2D eigenvalue weighted by molar-refractivity contribution is 7.99. The lowest BCUT2D eigenvalue weighted by Crippen LogP contribution is -2.25. The van der Waals surface area contributed by atoms with E-state index < -0.39 is 29.8 Å². The van der Waals surface area contributed by atoms with E-state index in [9.17, 15) is 31.1 Å². The number of rotatable bonds is 6. The van der Waals surface area contributed by atoms with Crippen molar-refractivity contribution < 1.29 is 35.9 Å². The molecule has 0 aliphatic heterocycles. The van der Waals surface area contributed by atoms with Crippen LogP contribution in [-0.4, -0.2) is 23.0 Å². The molecule has 0 atom stereocenters. The van der Waals surface area contributed by atoms with E-state index in [1.54, 1.807) is 0 Å². The maximum Gasteiger partial charge on any atom is 0.573 e. The van der Waals surface area contributed by atoms with E-state index in [1.165, 1.54) is 18.2 Å². The monoisotopic (exact) mass is 410 g/mol. The van der Waals surface area contributed by atoms with Gasteiger partial charge < -0.3 is 10.1 Å². The van der Waals surface area contributed by atoms with E-state index in [0.29, 0.717) is 6.20 Å². The Labute approximate surface area is 153 Å². The summed E-state index contributed by atoms with van der Waals surface area (Å²) in [6, 6.07) is 7.32. The predicted octanol–water partition coefficient (Wildman–Crippen LogP) is 4.41. The number of nitrogens with one attached hydrogen (secondary N) is 1. The summed E-state index contributed by atoms with van der Waals surface area (Å²) in [5.41, 5.74) is -0.779. The molecule has 0 aliphatic carbocycles. The summed E-state index contributed by atoms with van der Waals surface area (Å²) < 4.78 is 78.2. The Morgan fingerprint density at radius 1 is 1.07 bits per heavy atom. The molecule has 0 aliphatic rings. The minimum Gasteiger partial charge on any atom is -0.405 e. The quantitative estimate of drug-likeness (QED) is 0.566. The molecule has 0 saturated heterocycles. The number of alkyl halides is 6. The van der Waals surface area contributed by atoms with Gasteiger partial charge in [-0.25, -0.2) is 4.98 Å². The minimum absolute atomic E-state index is 0.126. The molecule has 27 heavy (non-hydrogen) atoms. The zero-order valence-corrected chi connectivity index (χ0v) is 14.2. The first-order valence-electron chi connectivity index (χ1n) is 7.31. The lowest BCUT2D eigenvalue weighted by Gasteiger charge is -2.13. The average molecular weight is 410 g/mol. The summed E-state index contributed by atoms with van der Waals surface area (Å²) in [5, 5.41) is 2.62. The number of hydrogen-bond acceptors (Lipinski definition) is 4. The minimum atomic E-state index is -4.86. The lowest BCUT2D eigenvalue weighted by molar-refractivity contribution is -0.274. The number of nitrogens with zero attached hydrogens (tertiary/aromatic N) is 1. The molecule has 0 bridgehead atoms. The van der Waals surface area contributed by atoms with Crippen LogP contribution < -0.4 is 10.1 Å².